The molecule has 1 aliphatic rings. The lowest BCUT2D eigenvalue weighted by atomic mass is 10.2. The van der Waals surface area contributed by atoms with Crippen molar-refractivity contribution < 1.29 is 14.7 Å². The summed E-state index contributed by atoms with van der Waals surface area (Å²) >= 11 is 1.55. The maximum absolute atomic E-state index is 11.7. The highest BCUT2D eigenvalue weighted by atomic mass is 32.1. The molecule has 1 aromatic rings. The molecule has 1 fully saturated rings. The van der Waals surface area contributed by atoms with Gasteiger partial charge >= 0.3 is 12.0 Å². The van der Waals surface area contributed by atoms with Crippen LogP contribution in [0.15, 0.2) is 5.38 Å². The Hall–Kier alpha value is -1.63. The van der Waals surface area contributed by atoms with E-state index in [1.807, 2.05) is 12.3 Å². The van der Waals surface area contributed by atoms with Crippen LogP contribution in [-0.4, -0.2) is 28.6 Å². The number of aliphatic carboxylic acids is 1. The molecule has 7 heteroatoms. The van der Waals surface area contributed by atoms with Gasteiger partial charge in [0.05, 0.1) is 12.5 Å². The summed E-state index contributed by atoms with van der Waals surface area (Å²) in [5, 5.41) is 16.8. The van der Waals surface area contributed by atoms with Crippen molar-refractivity contribution in [3.05, 3.63) is 16.1 Å². The zero-order chi connectivity index (χ0) is 13.8. The van der Waals surface area contributed by atoms with Crippen LogP contribution >= 0.6 is 11.3 Å². The van der Waals surface area contributed by atoms with Crippen LogP contribution in [-0.2, 0) is 4.79 Å². The first-order chi connectivity index (χ1) is 9.06. The first kappa shape index (κ1) is 13.8. The lowest BCUT2D eigenvalue weighted by molar-refractivity contribution is -0.136. The number of thiazole rings is 1. The van der Waals surface area contributed by atoms with Gasteiger partial charge in [0.25, 0.3) is 0 Å². The average Bonchev–Trinajstić information content (AvgIpc) is 3.08. The van der Waals surface area contributed by atoms with E-state index in [2.05, 4.69) is 15.6 Å². The van der Waals surface area contributed by atoms with Gasteiger partial charge < -0.3 is 15.7 Å². The highest BCUT2D eigenvalue weighted by Gasteiger charge is 2.35. The Bertz CT molecular complexity index is 471. The summed E-state index contributed by atoms with van der Waals surface area (Å²) in [7, 11) is 0. The Balaban J connectivity index is 1.87. The molecule has 1 aromatic heterocycles. The maximum Gasteiger partial charge on any atom is 0.315 e. The van der Waals surface area contributed by atoms with E-state index < -0.39 is 5.97 Å². The Kier molecular flexibility index (Phi) is 4.36. The van der Waals surface area contributed by atoms with Gasteiger partial charge in [-0.15, -0.1) is 11.3 Å². The van der Waals surface area contributed by atoms with Crippen molar-refractivity contribution in [2.75, 3.05) is 6.54 Å². The summed E-state index contributed by atoms with van der Waals surface area (Å²) in [4.78, 5) is 26.5. The Morgan fingerprint density at radius 1 is 1.58 bits per heavy atom. The van der Waals surface area contributed by atoms with Gasteiger partial charge in [-0.05, 0) is 25.7 Å². The highest BCUT2D eigenvalue weighted by Crippen LogP contribution is 2.41. The molecule has 1 heterocycles. The number of amides is 2. The van der Waals surface area contributed by atoms with Gasteiger partial charge in [-0.25, -0.2) is 9.78 Å². The third kappa shape index (κ3) is 4.20. The van der Waals surface area contributed by atoms with E-state index in [1.54, 1.807) is 11.3 Å². The number of carbonyl (C=O) groups is 2. The Morgan fingerprint density at radius 2 is 2.32 bits per heavy atom. The largest absolute Gasteiger partial charge is 0.481 e. The highest BCUT2D eigenvalue weighted by molar-refractivity contribution is 7.09. The van der Waals surface area contributed by atoms with Gasteiger partial charge in [0.2, 0.25) is 0 Å². The van der Waals surface area contributed by atoms with Crippen molar-refractivity contribution in [3.8, 4) is 0 Å². The molecular formula is C12H17N3O3S. The second-order valence-electron chi connectivity index (χ2n) is 4.69. The summed E-state index contributed by atoms with van der Waals surface area (Å²) < 4.78 is 0. The molecule has 19 heavy (non-hydrogen) atoms. The van der Waals surface area contributed by atoms with Crippen molar-refractivity contribution in [1.29, 1.82) is 0 Å². The molecule has 0 saturated heterocycles. The van der Waals surface area contributed by atoms with Crippen LogP contribution in [0.3, 0.4) is 0 Å². The van der Waals surface area contributed by atoms with E-state index >= 15 is 0 Å². The number of carbonyl (C=O) groups excluding carboxylic acids is 1. The van der Waals surface area contributed by atoms with Crippen molar-refractivity contribution >= 4 is 23.3 Å². The zero-order valence-electron chi connectivity index (χ0n) is 10.7. The number of carboxylic acids is 1. The van der Waals surface area contributed by atoms with Gasteiger partial charge in [0.15, 0.2) is 0 Å². The molecule has 1 saturated carbocycles. The van der Waals surface area contributed by atoms with E-state index in [1.165, 1.54) is 0 Å². The summed E-state index contributed by atoms with van der Waals surface area (Å²) in [6.07, 6.45) is 2.12. The van der Waals surface area contributed by atoms with E-state index in [9.17, 15) is 9.59 Å². The molecule has 0 spiro atoms. The smallest absolute Gasteiger partial charge is 0.315 e. The van der Waals surface area contributed by atoms with Crippen LogP contribution in [0.1, 0.15) is 36.0 Å². The van der Waals surface area contributed by atoms with E-state index in [4.69, 9.17) is 5.11 Å². The first-order valence-corrected chi connectivity index (χ1v) is 7.12. The minimum atomic E-state index is -0.922. The molecule has 6 nitrogen and oxygen atoms in total. The van der Waals surface area contributed by atoms with E-state index in [0.29, 0.717) is 5.92 Å². The van der Waals surface area contributed by atoms with Crippen LogP contribution in [0, 0.1) is 12.8 Å². The molecule has 2 rings (SSSR count). The number of hydrogen-bond donors (Lipinski definition) is 3. The number of hydrogen-bond acceptors (Lipinski definition) is 4. The second kappa shape index (κ2) is 6.01. The molecule has 0 radical (unpaired) electrons. The van der Waals surface area contributed by atoms with E-state index in [-0.39, 0.29) is 25.0 Å². The molecule has 1 unspecified atom stereocenters. The quantitative estimate of drug-likeness (QED) is 0.740. The van der Waals surface area contributed by atoms with Gasteiger partial charge in [0.1, 0.15) is 5.01 Å². The Morgan fingerprint density at radius 3 is 2.84 bits per heavy atom. The average molecular weight is 283 g/mol. The topological polar surface area (TPSA) is 91.3 Å². The van der Waals surface area contributed by atoms with E-state index in [0.717, 1.165) is 23.5 Å². The minimum Gasteiger partial charge on any atom is -0.481 e. The lowest BCUT2D eigenvalue weighted by Crippen LogP contribution is -2.39. The lowest BCUT2D eigenvalue weighted by Gasteiger charge is -2.16. The van der Waals surface area contributed by atoms with Crippen LogP contribution in [0.5, 0.6) is 0 Å². The van der Waals surface area contributed by atoms with Crippen LogP contribution in [0.2, 0.25) is 0 Å². The van der Waals surface area contributed by atoms with Crippen LogP contribution in [0.4, 0.5) is 4.79 Å². The number of nitrogens with one attached hydrogen (secondary N) is 2. The number of urea groups is 1. The maximum atomic E-state index is 11.7. The van der Waals surface area contributed by atoms with Crippen LogP contribution < -0.4 is 10.6 Å². The Labute approximate surface area is 115 Å². The minimum absolute atomic E-state index is 0.0523. The summed E-state index contributed by atoms with van der Waals surface area (Å²) in [6, 6.07) is -0.380. The molecule has 3 N–H and O–H groups in total. The van der Waals surface area contributed by atoms with Gasteiger partial charge in [-0.1, -0.05) is 0 Å². The standard InChI is InChI=1S/C12H17N3O3S/c1-7-6-19-11(14-7)10(8-2-3-8)15-12(18)13-5-4-9(16)17/h6,8,10H,2-5H2,1H3,(H,16,17)(H2,13,15,18). The molecule has 0 aromatic carbocycles. The first-order valence-electron chi connectivity index (χ1n) is 6.24. The van der Waals surface area contributed by atoms with Crippen molar-refractivity contribution in [2.24, 2.45) is 5.92 Å². The predicted octanol–water partition coefficient (Wildman–Crippen LogP) is 1.68. The fourth-order valence-electron chi connectivity index (χ4n) is 1.80. The second-order valence-corrected chi connectivity index (χ2v) is 5.58. The van der Waals surface area contributed by atoms with Crippen molar-refractivity contribution in [3.63, 3.8) is 0 Å². The van der Waals surface area contributed by atoms with Gasteiger partial charge in [-0.3, -0.25) is 4.79 Å². The third-order valence-corrected chi connectivity index (χ3v) is 3.95. The molecule has 104 valence electrons. The number of rotatable bonds is 6. The van der Waals surface area contributed by atoms with Crippen molar-refractivity contribution in [1.82, 2.24) is 15.6 Å². The predicted molar refractivity (Wildman–Crippen MR) is 71.1 cm³/mol. The molecular weight excluding hydrogens is 266 g/mol. The number of aromatic nitrogens is 1. The molecule has 0 bridgehead atoms. The fourth-order valence-corrected chi connectivity index (χ4v) is 2.74. The summed E-state index contributed by atoms with van der Waals surface area (Å²) in [6.45, 7) is 2.06. The number of aryl methyl sites for hydroxylation is 1. The monoisotopic (exact) mass is 283 g/mol. The van der Waals surface area contributed by atoms with Crippen molar-refractivity contribution in [2.45, 2.75) is 32.2 Å². The number of nitrogens with zero attached hydrogens (tertiary/aromatic N) is 1. The van der Waals surface area contributed by atoms with Crippen LogP contribution in [0.25, 0.3) is 0 Å². The SMILES string of the molecule is Cc1csc(C(NC(=O)NCCC(=O)O)C2CC2)n1. The molecule has 0 aliphatic heterocycles. The third-order valence-electron chi connectivity index (χ3n) is 2.91. The normalized spacial score (nSPS) is 15.8. The fraction of sp³-hybridized carbons (Fsp3) is 0.583. The van der Waals surface area contributed by atoms with Gasteiger partial charge in [-0.2, -0.15) is 0 Å². The zero-order valence-corrected chi connectivity index (χ0v) is 11.5. The molecule has 1 atom stereocenters. The number of carboxylic acid groups (broad SMARTS) is 1. The van der Waals surface area contributed by atoms with Gasteiger partial charge in [0, 0.05) is 17.6 Å². The molecule has 2 amide bonds. The molecule has 1 aliphatic carbocycles. The summed E-state index contributed by atoms with van der Waals surface area (Å²) in [5.74, 6) is -0.467. The summed E-state index contributed by atoms with van der Waals surface area (Å²) in [5.41, 5.74) is 0.957.